The van der Waals surface area contributed by atoms with Gasteiger partial charge in [0.25, 0.3) is 0 Å². The molecule has 9 nitrogen and oxygen atoms in total. The predicted octanol–water partition coefficient (Wildman–Crippen LogP) is 2.07. The third-order valence-corrected chi connectivity index (χ3v) is 12.1. The number of hydrogen-bond donors (Lipinski definition) is 5. The van der Waals surface area contributed by atoms with Crippen LogP contribution in [0, 0.1) is 28.6 Å². The third-order valence-electron chi connectivity index (χ3n) is 12.1. The second-order valence-electron chi connectivity index (χ2n) is 13.6. The average molecular weight is 549 g/mol. The van der Waals surface area contributed by atoms with Gasteiger partial charge in [0, 0.05) is 11.5 Å². The molecule has 5 aliphatic rings. The van der Waals surface area contributed by atoms with E-state index < -0.39 is 42.9 Å². The van der Waals surface area contributed by atoms with E-state index in [9.17, 15) is 30.3 Å². The lowest BCUT2D eigenvalue weighted by Gasteiger charge is -2.63. The van der Waals surface area contributed by atoms with Gasteiger partial charge in [0.1, 0.15) is 24.4 Å². The molecule has 6 rings (SSSR count). The van der Waals surface area contributed by atoms with Crippen LogP contribution in [0.1, 0.15) is 83.1 Å². The molecule has 2 heterocycles. The Balaban J connectivity index is 1.16. The lowest BCUT2D eigenvalue weighted by atomic mass is 9.43. The number of fused-ring (bicyclic) bond motifs is 5. The molecule has 5 N–H and O–H groups in total. The van der Waals surface area contributed by atoms with E-state index in [1.54, 1.807) is 6.26 Å². The molecule has 1 aromatic rings. The van der Waals surface area contributed by atoms with Gasteiger partial charge in [-0.05, 0) is 98.5 Å². The lowest BCUT2D eigenvalue weighted by Crippen LogP contribution is -2.62. The summed E-state index contributed by atoms with van der Waals surface area (Å²) in [6.45, 7) is 4.16. The summed E-state index contributed by atoms with van der Waals surface area (Å²) in [6.07, 6.45) is 3.28. The molecule has 9 heteroatoms. The summed E-state index contributed by atoms with van der Waals surface area (Å²) < 4.78 is 17.0. The molecular weight excluding hydrogens is 504 g/mol. The molecule has 0 aromatic carbocycles. The minimum atomic E-state index is -1.44. The van der Waals surface area contributed by atoms with E-state index in [0.717, 1.165) is 63.4 Å². The Bertz CT molecular complexity index is 1090. The van der Waals surface area contributed by atoms with Crippen molar-refractivity contribution in [1.29, 1.82) is 0 Å². The van der Waals surface area contributed by atoms with Crippen LogP contribution in [-0.2, 0) is 9.47 Å². The normalized spacial score (nSPS) is 51.6. The molecule has 0 radical (unpaired) electrons. The Morgan fingerprint density at radius 3 is 2.46 bits per heavy atom. The summed E-state index contributed by atoms with van der Waals surface area (Å²) in [5.41, 5.74) is -0.280. The minimum Gasteiger partial charge on any atom is -0.431 e. The van der Waals surface area contributed by atoms with Crippen LogP contribution in [0.3, 0.4) is 0 Å². The second-order valence-corrected chi connectivity index (χ2v) is 13.6. The molecule has 1 aromatic heterocycles. The molecule has 0 spiro atoms. The molecule has 1 unspecified atom stereocenters. The second kappa shape index (κ2) is 9.89. The van der Waals surface area contributed by atoms with Gasteiger partial charge < -0.3 is 39.4 Å². The van der Waals surface area contributed by atoms with Crippen molar-refractivity contribution in [2.75, 3.05) is 6.61 Å². The van der Waals surface area contributed by atoms with Crippen LogP contribution < -0.4 is 5.63 Å². The van der Waals surface area contributed by atoms with Crippen molar-refractivity contribution >= 4 is 0 Å². The van der Waals surface area contributed by atoms with Gasteiger partial charge in [-0.3, -0.25) is 0 Å². The Morgan fingerprint density at radius 2 is 1.74 bits per heavy atom. The molecule has 13 atom stereocenters. The molecule has 218 valence electrons. The van der Waals surface area contributed by atoms with Crippen molar-refractivity contribution in [1.82, 2.24) is 0 Å². The monoisotopic (exact) mass is 548 g/mol. The van der Waals surface area contributed by atoms with Gasteiger partial charge in [-0.1, -0.05) is 13.8 Å². The molecule has 39 heavy (non-hydrogen) atoms. The zero-order valence-electron chi connectivity index (χ0n) is 22.9. The van der Waals surface area contributed by atoms with Crippen molar-refractivity contribution in [3.05, 3.63) is 34.4 Å². The Hall–Kier alpha value is -1.33. The Labute approximate surface area is 229 Å². The molecule has 0 bridgehead atoms. The first-order valence-electron chi connectivity index (χ1n) is 14.8. The highest BCUT2D eigenvalue weighted by Crippen LogP contribution is 2.70. The maximum absolute atomic E-state index is 12.4. The minimum absolute atomic E-state index is 0.0762. The van der Waals surface area contributed by atoms with E-state index in [2.05, 4.69) is 13.8 Å². The molecule has 4 saturated carbocycles. The highest BCUT2D eigenvalue weighted by molar-refractivity contribution is 5.27. The molecule has 5 fully saturated rings. The van der Waals surface area contributed by atoms with Crippen LogP contribution in [0.25, 0.3) is 0 Å². The largest absolute Gasteiger partial charge is 0.431 e. The van der Waals surface area contributed by atoms with Gasteiger partial charge in [-0.15, -0.1) is 0 Å². The average Bonchev–Trinajstić information content (AvgIpc) is 3.20. The fourth-order valence-corrected chi connectivity index (χ4v) is 9.78. The van der Waals surface area contributed by atoms with Crippen molar-refractivity contribution in [2.45, 2.75) is 120 Å². The third kappa shape index (κ3) is 4.18. The van der Waals surface area contributed by atoms with Crippen LogP contribution in [-0.4, -0.2) is 74.6 Å². The summed E-state index contributed by atoms with van der Waals surface area (Å²) in [7, 11) is 0. The Morgan fingerprint density at radius 1 is 0.949 bits per heavy atom. The van der Waals surface area contributed by atoms with E-state index >= 15 is 0 Å². The highest BCUT2D eigenvalue weighted by Gasteiger charge is 2.67. The molecule has 1 aliphatic heterocycles. The topological polar surface area (TPSA) is 150 Å². The smallest absolute Gasteiger partial charge is 0.335 e. The van der Waals surface area contributed by atoms with Gasteiger partial charge in [-0.25, -0.2) is 4.79 Å². The molecule has 0 amide bonds. The maximum atomic E-state index is 12.4. The van der Waals surface area contributed by atoms with E-state index in [1.807, 2.05) is 6.07 Å². The van der Waals surface area contributed by atoms with Gasteiger partial charge in [0.15, 0.2) is 6.29 Å². The number of aliphatic hydroxyl groups is 5. The summed E-state index contributed by atoms with van der Waals surface area (Å²) >= 11 is 0. The van der Waals surface area contributed by atoms with Crippen LogP contribution in [0.2, 0.25) is 0 Å². The van der Waals surface area contributed by atoms with Crippen molar-refractivity contribution in [3.8, 4) is 0 Å². The number of hydrogen-bond acceptors (Lipinski definition) is 9. The van der Waals surface area contributed by atoms with E-state index in [1.165, 1.54) is 6.07 Å². The zero-order valence-corrected chi connectivity index (χ0v) is 22.9. The summed E-state index contributed by atoms with van der Waals surface area (Å²) in [5.74, 6) is 1.22. The number of ether oxygens (including phenoxy) is 2. The molecule has 4 aliphatic carbocycles. The van der Waals surface area contributed by atoms with Crippen LogP contribution in [0.5, 0.6) is 0 Å². The van der Waals surface area contributed by atoms with Crippen molar-refractivity contribution < 1.29 is 39.4 Å². The number of aliphatic hydroxyl groups excluding tert-OH is 4. The maximum Gasteiger partial charge on any atom is 0.335 e. The first-order valence-corrected chi connectivity index (χ1v) is 14.8. The first kappa shape index (κ1) is 27.8. The fraction of sp³-hybridized carbons (Fsp3) is 0.833. The fourth-order valence-electron chi connectivity index (χ4n) is 9.78. The van der Waals surface area contributed by atoms with Gasteiger partial charge in [0.2, 0.25) is 0 Å². The van der Waals surface area contributed by atoms with Gasteiger partial charge in [-0.2, -0.15) is 0 Å². The molecule has 1 saturated heterocycles. The van der Waals surface area contributed by atoms with E-state index in [-0.39, 0.29) is 34.4 Å². The van der Waals surface area contributed by atoms with Crippen LogP contribution >= 0.6 is 0 Å². The SMILES string of the molecule is C[C@]12CC[C@H](O[C@H]3O[C@H](CO)[C@@H](O)[C@H](O)[C@H]3O)C[C@H]1CC[C@@H]1[C@@H]2CC[C@]2(C)C(c3ccc(=O)oc3)CC[C@]12O. The first-order chi connectivity index (χ1) is 18.5. The van der Waals surface area contributed by atoms with Gasteiger partial charge in [0.05, 0.1) is 24.6 Å². The van der Waals surface area contributed by atoms with E-state index in [4.69, 9.17) is 13.9 Å². The summed E-state index contributed by atoms with van der Waals surface area (Å²) in [4.78, 5) is 11.6. The zero-order chi connectivity index (χ0) is 27.7. The number of rotatable bonds is 4. The quantitative estimate of drug-likeness (QED) is 0.356. The van der Waals surface area contributed by atoms with Crippen molar-refractivity contribution in [3.63, 3.8) is 0 Å². The molecular formula is C30H44O9. The lowest BCUT2D eigenvalue weighted by molar-refractivity contribution is -0.317. The van der Waals surface area contributed by atoms with Crippen molar-refractivity contribution in [2.24, 2.45) is 28.6 Å². The van der Waals surface area contributed by atoms with E-state index in [0.29, 0.717) is 11.8 Å². The summed E-state index contributed by atoms with van der Waals surface area (Å²) in [6, 6.07) is 3.35. The van der Waals surface area contributed by atoms with Crippen LogP contribution in [0.15, 0.2) is 27.6 Å². The Kier molecular flexibility index (Phi) is 7.06. The highest BCUT2D eigenvalue weighted by atomic mass is 16.7. The van der Waals surface area contributed by atoms with Crippen LogP contribution in [0.4, 0.5) is 0 Å². The van der Waals surface area contributed by atoms with Gasteiger partial charge >= 0.3 is 5.63 Å². The predicted molar refractivity (Wildman–Crippen MR) is 140 cm³/mol. The standard InChI is InChI=1S/C30H44O9/c1-28-10-7-18(38-27-26(35)25(34)24(33)22(14-31)39-27)13-17(28)4-5-21-20(28)8-11-29(2)19(9-12-30(21,29)36)16-3-6-23(32)37-15-16/h3,6,15,17-22,24-27,31,33-36H,4-5,7-14H2,1-2H3/t17-,18+,19?,20+,21-,22-,24-,25+,26-,27+,28+,29-,30+/m1/s1. The summed E-state index contributed by atoms with van der Waals surface area (Å²) in [5, 5.41) is 52.6.